The van der Waals surface area contributed by atoms with Crippen LogP contribution in [0.1, 0.15) is 18.4 Å². The Morgan fingerprint density at radius 3 is 2.45 bits per heavy atom. The number of hydrogen-bond donors (Lipinski definition) is 0. The number of carbonyl (C=O) groups is 1. The molecule has 0 aliphatic heterocycles. The first kappa shape index (κ1) is 24.0. The van der Waals surface area contributed by atoms with Crippen LogP contribution in [0.25, 0.3) is 11.4 Å². The summed E-state index contributed by atoms with van der Waals surface area (Å²) in [5.41, 5.74) is 2.62. The molecule has 33 heavy (non-hydrogen) atoms. The number of aromatic nitrogens is 2. The van der Waals surface area contributed by atoms with Crippen LogP contribution in [-0.4, -0.2) is 54.1 Å². The van der Waals surface area contributed by atoms with Crippen molar-refractivity contribution >= 4 is 34.3 Å². The second kappa shape index (κ2) is 11.3. The number of hydrogen-bond acceptors (Lipinski definition) is 9. The molecule has 0 radical (unpaired) electrons. The number of nitrogens with zero attached hydrogens (tertiary/aromatic N) is 4. The van der Waals surface area contributed by atoms with Gasteiger partial charge in [-0.25, -0.2) is 9.79 Å². The lowest BCUT2D eigenvalue weighted by molar-refractivity contribution is 0.183. The molecule has 0 unspecified atom stereocenters. The number of aryl methyl sites for hydroxylation is 1. The van der Waals surface area contributed by atoms with Crippen LogP contribution in [0.3, 0.4) is 0 Å². The van der Waals surface area contributed by atoms with Gasteiger partial charge in [-0.05, 0) is 55.6 Å². The Morgan fingerprint density at radius 1 is 1.12 bits per heavy atom. The van der Waals surface area contributed by atoms with Crippen molar-refractivity contribution in [2.24, 2.45) is 9.98 Å². The van der Waals surface area contributed by atoms with Gasteiger partial charge in [0.1, 0.15) is 10.8 Å². The average molecular weight is 469 g/mol. The van der Waals surface area contributed by atoms with Crippen LogP contribution in [-0.2, 0) is 4.74 Å². The highest BCUT2D eigenvalue weighted by Gasteiger charge is 2.17. The lowest BCUT2D eigenvalue weighted by Gasteiger charge is -2.13. The summed E-state index contributed by atoms with van der Waals surface area (Å²) < 4.78 is 20.9. The monoisotopic (exact) mass is 468 g/mol. The van der Waals surface area contributed by atoms with Gasteiger partial charge in [-0.15, -0.1) is 11.8 Å². The summed E-state index contributed by atoms with van der Waals surface area (Å²) in [5, 5.41) is 4.32. The van der Waals surface area contributed by atoms with Gasteiger partial charge in [0, 0.05) is 18.1 Å². The molecule has 0 saturated carbocycles. The van der Waals surface area contributed by atoms with E-state index in [0.29, 0.717) is 51.8 Å². The van der Waals surface area contributed by atoms with Gasteiger partial charge in [-0.2, -0.15) is 9.98 Å². The predicted octanol–water partition coefficient (Wildman–Crippen LogP) is 5.10. The third kappa shape index (κ3) is 5.98. The number of benzene rings is 2. The number of rotatable bonds is 7. The first-order chi connectivity index (χ1) is 16.0. The van der Waals surface area contributed by atoms with Crippen molar-refractivity contribution in [2.45, 2.75) is 13.8 Å². The highest BCUT2D eigenvalue weighted by atomic mass is 32.2. The SMILES string of the molecule is CCOc1ccc(C(=Nc2ccc(-c3noc(C)n3)cc2)/C(=N/C(=O)OC)SC)cc1OC. The van der Waals surface area contributed by atoms with E-state index in [9.17, 15) is 4.79 Å². The predicted molar refractivity (Wildman–Crippen MR) is 128 cm³/mol. The molecule has 0 saturated heterocycles. The maximum atomic E-state index is 11.9. The molecular weight excluding hydrogens is 444 g/mol. The van der Waals surface area contributed by atoms with Crippen molar-refractivity contribution < 1.29 is 23.5 Å². The summed E-state index contributed by atoms with van der Waals surface area (Å²) in [6.07, 6.45) is 1.10. The summed E-state index contributed by atoms with van der Waals surface area (Å²) in [5.74, 6) is 2.14. The zero-order chi connectivity index (χ0) is 23.8. The van der Waals surface area contributed by atoms with Crippen LogP contribution < -0.4 is 9.47 Å². The van der Waals surface area contributed by atoms with Crippen molar-refractivity contribution in [1.82, 2.24) is 10.1 Å². The molecule has 172 valence electrons. The summed E-state index contributed by atoms with van der Waals surface area (Å²) in [7, 11) is 2.84. The lowest BCUT2D eigenvalue weighted by Crippen LogP contribution is -2.15. The Morgan fingerprint density at radius 2 is 1.88 bits per heavy atom. The van der Waals surface area contributed by atoms with Gasteiger partial charge in [0.15, 0.2) is 11.5 Å². The number of thioether (sulfide) groups is 1. The number of amides is 1. The van der Waals surface area contributed by atoms with E-state index in [1.54, 1.807) is 26.2 Å². The highest BCUT2D eigenvalue weighted by molar-refractivity contribution is 8.15. The van der Waals surface area contributed by atoms with Gasteiger partial charge < -0.3 is 18.7 Å². The van der Waals surface area contributed by atoms with E-state index in [1.807, 2.05) is 43.5 Å². The number of aliphatic imine (C=N–C) groups is 2. The Balaban J connectivity index is 2.08. The summed E-state index contributed by atoms with van der Waals surface area (Å²) in [4.78, 5) is 24.9. The van der Waals surface area contributed by atoms with Crippen LogP contribution in [0, 0.1) is 6.92 Å². The fourth-order valence-electron chi connectivity index (χ4n) is 2.88. The summed E-state index contributed by atoms with van der Waals surface area (Å²) in [6.45, 7) is 4.13. The largest absolute Gasteiger partial charge is 0.493 e. The molecule has 3 aromatic rings. The molecule has 9 nitrogen and oxygen atoms in total. The van der Waals surface area contributed by atoms with Gasteiger partial charge >= 0.3 is 6.09 Å². The molecule has 1 amide bonds. The van der Waals surface area contributed by atoms with Crippen LogP contribution in [0.4, 0.5) is 10.5 Å². The minimum atomic E-state index is -0.715. The van der Waals surface area contributed by atoms with E-state index in [0.717, 1.165) is 5.56 Å². The van der Waals surface area contributed by atoms with Crippen LogP contribution in [0.5, 0.6) is 11.5 Å². The van der Waals surface area contributed by atoms with Gasteiger partial charge in [0.25, 0.3) is 0 Å². The molecule has 0 spiro atoms. The minimum Gasteiger partial charge on any atom is -0.493 e. The summed E-state index contributed by atoms with van der Waals surface area (Å²) >= 11 is 1.28. The van der Waals surface area contributed by atoms with Gasteiger partial charge in [0.2, 0.25) is 11.7 Å². The lowest BCUT2D eigenvalue weighted by atomic mass is 10.1. The van der Waals surface area contributed by atoms with Crippen LogP contribution in [0.2, 0.25) is 0 Å². The maximum Gasteiger partial charge on any atom is 0.434 e. The van der Waals surface area contributed by atoms with E-state index in [4.69, 9.17) is 23.7 Å². The maximum absolute atomic E-state index is 11.9. The van der Waals surface area contributed by atoms with Crippen molar-refractivity contribution in [3.8, 4) is 22.9 Å². The minimum absolute atomic E-state index is 0.394. The summed E-state index contributed by atoms with van der Waals surface area (Å²) in [6, 6.07) is 12.8. The third-order valence-electron chi connectivity index (χ3n) is 4.39. The second-order valence-electron chi connectivity index (χ2n) is 6.53. The Hall–Kier alpha value is -3.66. The molecule has 1 aromatic heterocycles. The highest BCUT2D eigenvalue weighted by Crippen LogP contribution is 2.30. The molecule has 10 heteroatoms. The zero-order valence-corrected chi connectivity index (χ0v) is 19.8. The fourth-order valence-corrected chi connectivity index (χ4v) is 3.40. The molecule has 0 atom stereocenters. The van der Waals surface area contributed by atoms with E-state index < -0.39 is 6.09 Å². The smallest absolute Gasteiger partial charge is 0.434 e. The molecule has 0 fully saturated rings. The number of ether oxygens (including phenoxy) is 3. The Labute approximate surface area is 195 Å². The molecule has 3 rings (SSSR count). The van der Waals surface area contributed by atoms with E-state index in [-0.39, 0.29) is 0 Å². The topological polar surface area (TPSA) is 108 Å². The number of methoxy groups -OCH3 is 2. The zero-order valence-electron chi connectivity index (χ0n) is 19.0. The standard InChI is InChI=1S/C23H24N4O5S/c1-6-31-18-12-9-16(13-19(18)29-3)20(22(33-5)26-23(28)30-4)25-17-10-7-15(8-11-17)21-24-14(2)32-27-21/h7-13H,6H2,1-5H3/b25-20?,26-22-. The van der Waals surface area contributed by atoms with Crippen molar-refractivity contribution in [1.29, 1.82) is 0 Å². The van der Waals surface area contributed by atoms with E-state index in [1.165, 1.54) is 18.9 Å². The van der Waals surface area contributed by atoms with E-state index >= 15 is 0 Å². The third-order valence-corrected chi connectivity index (χ3v) is 5.07. The molecule has 2 aromatic carbocycles. The van der Waals surface area contributed by atoms with Gasteiger partial charge in [-0.3, -0.25) is 0 Å². The molecule has 0 N–H and O–H groups in total. The first-order valence-electron chi connectivity index (χ1n) is 10.0. The molecule has 0 aliphatic carbocycles. The van der Waals surface area contributed by atoms with Crippen molar-refractivity contribution in [3.63, 3.8) is 0 Å². The van der Waals surface area contributed by atoms with Gasteiger partial charge in [-0.1, -0.05) is 5.16 Å². The van der Waals surface area contributed by atoms with Crippen LogP contribution in [0.15, 0.2) is 57.0 Å². The van der Waals surface area contributed by atoms with Crippen molar-refractivity contribution in [3.05, 3.63) is 53.9 Å². The Kier molecular flexibility index (Phi) is 8.20. The fraction of sp³-hybridized carbons (Fsp3) is 0.261. The normalized spacial score (nSPS) is 11.9. The molecule has 1 heterocycles. The molecule has 0 bridgehead atoms. The van der Waals surface area contributed by atoms with E-state index in [2.05, 4.69) is 15.1 Å². The first-order valence-corrected chi connectivity index (χ1v) is 11.2. The van der Waals surface area contributed by atoms with Crippen molar-refractivity contribution in [2.75, 3.05) is 27.1 Å². The Bertz CT molecular complexity index is 1170. The molecular formula is C23H24N4O5S. The molecule has 0 aliphatic rings. The second-order valence-corrected chi connectivity index (χ2v) is 7.33. The van der Waals surface area contributed by atoms with Gasteiger partial charge in [0.05, 0.1) is 26.5 Å². The average Bonchev–Trinajstić information content (AvgIpc) is 3.28. The van der Waals surface area contributed by atoms with Crippen LogP contribution >= 0.6 is 11.8 Å². The number of carbonyl (C=O) groups excluding carboxylic acids is 1. The quantitative estimate of drug-likeness (QED) is 0.348.